The first-order valence-corrected chi connectivity index (χ1v) is 10.4. The number of amides is 2. The fraction of sp³-hybridized carbons (Fsp3) is 0.636. The Balaban J connectivity index is 1.47. The van der Waals surface area contributed by atoms with E-state index in [1.54, 1.807) is 6.92 Å². The minimum atomic E-state index is -0.286. The molecule has 1 aromatic rings. The molecule has 1 aromatic carbocycles. The fourth-order valence-electron chi connectivity index (χ4n) is 4.77. The van der Waals surface area contributed by atoms with Crippen LogP contribution >= 0.6 is 0 Å². The average molecular weight is 370 g/mol. The first-order chi connectivity index (χ1) is 13.1. The molecule has 0 bridgehead atoms. The van der Waals surface area contributed by atoms with Crippen molar-refractivity contribution in [3.8, 4) is 0 Å². The van der Waals surface area contributed by atoms with Gasteiger partial charge in [0.05, 0.1) is 11.7 Å². The zero-order valence-electron chi connectivity index (χ0n) is 16.2. The van der Waals surface area contributed by atoms with Gasteiger partial charge in [0.1, 0.15) is 0 Å². The summed E-state index contributed by atoms with van der Waals surface area (Å²) in [4.78, 5) is 25.8. The predicted molar refractivity (Wildman–Crippen MR) is 103 cm³/mol. The van der Waals surface area contributed by atoms with Gasteiger partial charge in [0.15, 0.2) is 0 Å². The van der Waals surface area contributed by atoms with Crippen molar-refractivity contribution in [1.82, 2.24) is 10.2 Å². The summed E-state index contributed by atoms with van der Waals surface area (Å²) < 4.78 is 6.66. The number of hydrogen-bond donors (Lipinski definition) is 1. The Labute approximate surface area is 161 Å². The number of likely N-dealkylation sites (tertiary alicyclic amines) is 1. The number of piperidine rings is 1. The summed E-state index contributed by atoms with van der Waals surface area (Å²) in [5, 5.41) is 2.88. The first kappa shape index (κ1) is 18.5. The second-order valence-electron chi connectivity index (χ2n) is 8.32. The highest BCUT2D eigenvalue weighted by Crippen LogP contribution is 2.44. The van der Waals surface area contributed by atoms with Crippen LogP contribution in [-0.2, 0) is 26.3 Å². The van der Waals surface area contributed by atoms with Gasteiger partial charge in [-0.3, -0.25) is 9.59 Å². The molecule has 2 heterocycles. The number of carbonyl (C=O) groups excluding carboxylic acids is 2. The van der Waals surface area contributed by atoms with Crippen LogP contribution in [0, 0.1) is 5.92 Å². The first-order valence-electron chi connectivity index (χ1n) is 10.4. The number of fused-ring (bicyclic) bond motifs is 2. The van der Waals surface area contributed by atoms with E-state index in [2.05, 4.69) is 34.5 Å². The second kappa shape index (κ2) is 7.63. The van der Waals surface area contributed by atoms with Crippen molar-refractivity contribution in [2.75, 3.05) is 19.6 Å². The van der Waals surface area contributed by atoms with Crippen LogP contribution in [0.15, 0.2) is 24.3 Å². The van der Waals surface area contributed by atoms with Crippen molar-refractivity contribution < 1.29 is 14.3 Å². The molecule has 2 fully saturated rings. The van der Waals surface area contributed by atoms with Gasteiger partial charge in [-0.2, -0.15) is 0 Å². The third kappa shape index (κ3) is 3.75. The molecule has 2 amide bonds. The molecule has 0 aromatic heterocycles. The van der Waals surface area contributed by atoms with Gasteiger partial charge in [0.25, 0.3) is 0 Å². The molecule has 1 spiro atoms. The monoisotopic (exact) mass is 370 g/mol. The predicted octanol–water partition coefficient (Wildman–Crippen LogP) is 2.77. The Morgan fingerprint density at radius 2 is 1.96 bits per heavy atom. The molecule has 1 saturated heterocycles. The van der Waals surface area contributed by atoms with E-state index in [-0.39, 0.29) is 23.5 Å². The molecule has 2 aliphatic heterocycles. The van der Waals surface area contributed by atoms with Gasteiger partial charge in [-0.1, -0.05) is 30.7 Å². The molecule has 1 N–H and O–H groups in total. The van der Waals surface area contributed by atoms with E-state index in [1.165, 1.54) is 17.5 Å². The summed E-state index contributed by atoms with van der Waals surface area (Å²) in [6.45, 7) is 3.75. The minimum absolute atomic E-state index is 0.00346. The lowest BCUT2D eigenvalue weighted by molar-refractivity contribution is -0.157. The van der Waals surface area contributed by atoms with Crippen molar-refractivity contribution >= 4 is 11.8 Å². The van der Waals surface area contributed by atoms with Crippen LogP contribution in [0.3, 0.4) is 0 Å². The zero-order valence-corrected chi connectivity index (χ0v) is 16.2. The van der Waals surface area contributed by atoms with Crippen LogP contribution in [0.5, 0.6) is 0 Å². The number of benzene rings is 1. The molecule has 1 atom stereocenters. The van der Waals surface area contributed by atoms with Crippen LogP contribution in [0.2, 0.25) is 0 Å². The summed E-state index contributed by atoms with van der Waals surface area (Å²) in [5.74, 6) is 0.621. The van der Waals surface area contributed by atoms with E-state index >= 15 is 0 Å². The summed E-state index contributed by atoms with van der Waals surface area (Å²) >= 11 is 0. The Kier molecular flexibility index (Phi) is 5.22. The van der Waals surface area contributed by atoms with Crippen molar-refractivity contribution in [3.05, 3.63) is 35.4 Å². The highest BCUT2D eigenvalue weighted by Gasteiger charge is 2.45. The Morgan fingerprint density at radius 3 is 2.63 bits per heavy atom. The lowest BCUT2D eigenvalue weighted by Crippen LogP contribution is -2.52. The number of ether oxygens (including phenoxy) is 1. The Bertz CT molecular complexity index is 705. The maximum Gasteiger partial charge on any atom is 0.225 e. The normalized spacial score (nSPS) is 24.2. The van der Waals surface area contributed by atoms with Crippen LogP contribution in [0.1, 0.15) is 56.6 Å². The molecule has 1 unspecified atom stereocenters. The van der Waals surface area contributed by atoms with Crippen LogP contribution in [0.4, 0.5) is 0 Å². The second-order valence-corrected chi connectivity index (χ2v) is 8.32. The summed E-state index contributed by atoms with van der Waals surface area (Å²) in [7, 11) is 0. The molecular weight excluding hydrogens is 340 g/mol. The zero-order chi connectivity index (χ0) is 18.9. The highest BCUT2D eigenvalue weighted by molar-refractivity contribution is 5.79. The molecule has 5 heteroatoms. The fourth-order valence-corrected chi connectivity index (χ4v) is 4.77. The van der Waals surface area contributed by atoms with Gasteiger partial charge < -0.3 is 15.0 Å². The molecule has 3 aliphatic rings. The van der Waals surface area contributed by atoms with Gasteiger partial charge in [-0.25, -0.2) is 0 Å². The molecule has 1 saturated carbocycles. The number of nitrogens with zero attached hydrogens (tertiary/aromatic N) is 1. The molecule has 4 rings (SSSR count). The van der Waals surface area contributed by atoms with E-state index in [1.807, 2.05) is 0 Å². The maximum absolute atomic E-state index is 12.6. The van der Waals surface area contributed by atoms with Crippen LogP contribution in [-0.4, -0.2) is 42.5 Å². The highest BCUT2D eigenvalue weighted by atomic mass is 16.5. The minimum Gasteiger partial charge on any atom is -0.367 e. The smallest absolute Gasteiger partial charge is 0.225 e. The number of nitrogens with one attached hydrogen (secondary N) is 1. The van der Waals surface area contributed by atoms with E-state index in [0.29, 0.717) is 12.5 Å². The van der Waals surface area contributed by atoms with E-state index < -0.39 is 0 Å². The molecule has 0 radical (unpaired) electrons. The van der Waals surface area contributed by atoms with Gasteiger partial charge >= 0.3 is 0 Å². The lowest BCUT2D eigenvalue weighted by atomic mass is 9.77. The Hall–Kier alpha value is -1.88. The molecule has 27 heavy (non-hydrogen) atoms. The molecule has 1 aliphatic carbocycles. The van der Waals surface area contributed by atoms with Crippen LogP contribution < -0.4 is 5.32 Å². The van der Waals surface area contributed by atoms with E-state index in [9.17, 15) is 9.59 Å². The van der Waals surface area contributed by atoms with Gasteiger partial charge in [-0.15, -0.1) is 0 Å². The molecule has 146 valence electrons. The number of carbonyl (C=O) groups is 2. The third-order valence-electron chi connectivity index (χ3n) is 6.53. The van der Waals surface area contributed by atoms with Gasteiger partial charge in [-0.05, 0) is 49.7 Å². The summed E-state index contributed by atoms with van der Waals surface area (Å²) in [6.07, 6.45) is 6.86. The van der Waals surface area contributed by atoms with Crippen molar-refractivity contribution in [3.63, 3.8) is 0 Å². The molecule has 5 nitrogen and oxygen atoms in total. The van der Waals surface area contributed by atoms with Crippen LogP contribution in [0.25, 0.3) is 0 Å². The Morgan fingerprint density at radius 1 is 1.22 bits per heavy atom. The summed E-state index contributed by atoms with van der Waals surface area (Å²) in [6, 6.07) is 8.59. The standard InChI is InChI=1S/C22H30N2O3/c1-16(25)23-12-9-19-15-18-5-2-3-8-20(18)22(27-19)10-13-24(14-11-22)21(26)17-6-4-7-17/h2-3,5,8,17,19H,4,6-7,9-15H2,1H3,(H,23,25). The maximum atomic E-state index is 12.6. The van der Waals surface area contributed by atoms with Gasteiger partial charge in [0.2, 0.25) is 11.8 Å². The van der Waals surface area contributed by atoms with Crippen molar-refractivity contribution in [1.29, 1.82) is 0 Å². The number of hydrogen-bond acceptors (Lipinski definition) is 3. The van der Waals surface area contributed by atoms with E-state index in [0.717, 1.165) is 51.6 Å². The topological polar surface area (TPSA) is 58.6 Å². The number of rotatable bonds is 4. The quantitative estimate of drug-likeness (QED) is 0.887. The van der Waals surface area contributed by atoms with Gasteiger partial charge in [0, 0.05) is 32.5 Å². The molecular formula is C22H30N2O3. The SMILES string of the molecule is CC(=O)NCCC1Cc2ccccc2C2(CCN(C(=O)C3CCC3)CC2)O1. The average Bonchev–Trinajstić information content (AvgIpc) is 2.61. The lowest BCUT2D eigenvalue weighted by Gasteiger charge is -2.48. The van der Waals surface area contributed by atoms with E-state index in [4.69, 9.17) is 4.74 Å². The summed E-state index contributed by atoms with van der Waals surface area (Å²) in [5.41, 5.74) is 2.37. The van der Waals surface area contributed by atoms with Crippen molar-refractivity contribution in [2.45, 2.75) is 63.6 Å². The van der Waals surface area contributed by atoms with Crippen molar-refractivity contribution in [2.24, 2.45) is 5.92 Å². The largest absolute Gasteiger partial charge is 0.367 e. The third-order valence-corrected chi connectivity index (χ3v) is 6.53.